The van der Waals surface area contributed by atoms with E-state index in [4.69, 9.17) is 0 Å². The van der Waals surface area contributed by atoms with Crippen molar-refractivity contribution < 1.29 is 0 Å². The molecule has 2 rings (SSSR count). The Morgan fingerprint density at radius 3 is 3.36 bits per heavy atom. The summed E-state index contributed by atoms with van der Waals surface area (Å²) < 4.78 is 3.96. The Hall–Kier alpha value is -0.680. The van der Waals surface area contributed by atoms with Crippen molar-refractivity contribution in [3.8, 4) is 0 Å². The van der Waals surface area contributed by atoms with Gasteiger partial charge in [-0.3, -0.25) is 4.90 Å². The molecular weight excluding hydrogens is 196 g/mol. The number of likely N-dealkylation sites (tertiary alicyclic amines) is 1. The molecule has 1 N–H and O–H groups in total. The van der Waals surface area contributed by atoms with Crippen molar-refractivity contribution in [2.45, 2.75) is 25.8 Å². The lowest BCUT2D eigenvalue weighted by Crippen LogP contribution is -2.34. The maximum atomic E-state index is 4.11. The maximum Gasteiger partial charge on any atom is 0.202 e. The highest BCUT2D eigenvalue weighted by Gasteiger charge is 2.22. The number of aromatic nitrogens is 2. The summed E-state index contributed by atoms with van der Waals surface area (Å²) in [5, 5.41) is 4.27. The quantitative estimate of drug-likeness (QED) is 0.820. The zero-order chi connectivity index (χ0) is 9.80. The Bertz CT molecular complexity index is 262. The lowest BCUT2D eigenvalue weighted by molar-refractivity contribution is 0.277. The summed E-state index contributed by atoms with van der Waals surface area (Å²) in [5.74, 6) is 0. The minimum absolute atomic E-state index is 0.684. The van der Waals surface area contributed by atoms with E-state index < -0.39 is 0 Å². The van der Waals surface area contributed by atoms with Gasteiger partial charge in [0.25, 0.3) is 0 Å². The SMILES string of the molecule is CCN1CCCC1CNc1ncns1. The topological polar surface area (TPSA) is 41.0 Å². The predicted molar refractivity (Wildman–Crippen MR) is 58.7 cm³/mol. The molecule has 1 fully saturated rings. The molecule has 1 unspecified atom stereocenters. The molecule has 0 amide bonds. The largest absolute Gasteiger partial charge is 0.359 e. The first kappa shape index (κ1) is 9.86. The second-order valence-electron chi connectivity index (χ2n) is 3.55. The van der Waals surface area contributed by atoms with Gasteiger partial charge >= 0.3 is 0 Å². The Morgan fingerprint density at radius 1 is 1.71 bits per heavy atom. The van der Waals surface area contributed by atoms with Crippen LogP contribution >= 0.6 is 11.5 Å². The fourth-order valence-corrected chi connectivity index (χ4v) is 2.44. The molecule has 1 aliphatic heterocycles. The number of nitrogens with zero attached hydrogens (tertiary/aromatic N) is 3. The Kier molecular flexibility index (Phi) is 3.31. The molecule has 0 spiro atoms. The standard InChI is InChI=1S/C9H16N4S/c1-2-13-5-3-4-8(13)6-10-9-11-7-12-14-9/h7-8H,2-6H2,1H3,(H,10,11,12). The fraction of sp³-hybridized carbons (Fsp3) is 0.778. The van der Waals surface area contributed by atoms with E-state index in [1.807, 2.05) is 0 Å². The van der Waals surface area contributed by atoms with Gasteiger partial charge in [-0.05, 0) is 25.9 Å². The van der Waals surface area contributed by atoms with Crippen LogP contribution in [-0.4, -0.2) is 39.9 Å². The Labute approximate surface area is 88.5 Å². The average Bonchev–Trinajstić information content (AvgIpc) is 2.85. The highest BCUT2D eigenvalue weighted by molar-refractivity contribution is 7.09. The number of hydrogen-bond donors (Lipinski definition) is 1. The van der Waals surface area contributed by atoms with E-state index in [9.17, 15) is 0 Å². The van der Waals surface area contributed by atoms with E-state index in [0.29, 0.717) is 6.04 Å². The lowest BCUT2D eigenvalue weighted by atomic mass is 10.2. The van der Waals surface area contributed by atoms with Gasteiger partial charge in [0.15, 0.2) is 0 Å². The van der Waals surface area contributed by atoms with Crippen LogP contribution < -0.4 is 5.32 Å². The van der Waals surface area contributed by atoms with E-state index in [1.54, 1.807) is 6.33 Å². The number of nitrogens with one attached hydrogen (secondary N) is 1. The first-order chi connectivity index (χ1) is 6.90. The summed E-state index contributed by atoms with van der Waals surface area (Å²) in [4.78, 5) is 6.63. The summed E-state index contributed by atoms with van der Waals surface area (Å²) in [7, 11) is 0. The first-order valence-electron chi connectivity index (χ1n) is 5.14. The van der Waals surface area contributed by atoms with Crippen LogP contribution in [0.1, 0.15) is 19.8 Å². The van der Waals surface area contributed by atoms with Crippen LogP contribution in [0.3, 0.4) is 0 Å². The van der Waals surface area contributed by atoms with Crippen molar-refractivity contribution in [3.05, 3.63) is 6.33 Å². The third kappa shape index (κ3) is 2.22. The number of rotatable bonds is 4. The molecule has 4 nitrogen and oxygen atoms in total. The van der Waals surface area contributed by atoms with Crippen LogP contribution in [0.2, 0.25) is 0 Å². The normalized spacial score (nSPS) is 22.8. The maximum absolute atomic E-state index is 4.11. The average molecular weight is 212 g/mol. The first-order valence-corrected chi connectivity index (χ1v) is 5.92. The molecule has 0 bridgehead atoms. The van der Waals surface area contributed by atoms with Crippen LogP contribution in [0, 0.1) is 0 Å². The van der Waals surface area contributed by atoms with Gasteiger partial charge in [0.1, 0.15) is 6.33 Å². The molecule has 14 heavy (non-hydrogen) atoms. The molecule has 0 aliphatic carbocycles. The van der Waals surface area contributed by atoms with Crippen molar-refractivity contribution in [1.29, 1.82) is 0 Å². The van der Waals surface area contributed by atoms with Crippen molar-refractivity contribution in [2.24, 2.45) is 0 Å². The van der Waals surface area contributed by atoms with Crippen molar-refractivity contribution in [2.75, 3.05) is 25.0 Å². The molecule has 1 saturated heterocycles. The molecule has 78 valence electrons. The van der Waals surface area contributed by atoms with Crippen LogP contribution in [0.15, 0.2) is 6.33 Å². The zero-order valence-electron chi connectivity index (χ0n) is 8.44. The van der Waals surface area contributed by atoms with E-state index in [2.05, 4.69) is 26.5 Å². The molecule has 1 aliphatic rings. The van der Waals surface area contributed by atoms with Crippen LogP contribution in [0.5, 0.6) is 0 Å². The third-order valence-corrected chi connectivity index (χ3v) is 3.38. The van der Waals surface area contributed by atoms with Gasteiger partial charge in [-0.2, -0.15) is 4.37 Å². The van der Waals surface area contributed by atoms with E-state index >= 15 is 0 Å². The number of anilines is 1. The lowest BCUT2D eigenvalue weighted by Gasteiger charge is -2.22. The Balaban J connectivity index is 1.80. The monoisotopic (exact) mass is 212 g/mol. The molecule has 0 radical (unpaired) electrons. The molecule has 0 aromatic carbocycles. The van der Waals surface area contributed by atoms with Crippen LogP contribution in [0.4, 0.5) is 5.13 Å². The van der Waals surface area contributed by atoms with Gasteiger partial charge in [0, 0.05) is 24.1 Å². The molecule has 1 atom stereocenters. The Morgan fingerprint density at radius 2 is 2.64 bits per heavy atom. The van der Waals surface area contributed by atoms with E-state index in [-0.39, 0.29) is 0 Å². The highest BCUT2D eigenvalue weighted by atomic mass is 32.1. The second-order valence-corrected chi connectivity index (χ2v) is 4.33. The molecular formula is C9H16N4S. The molecule has 1 aromatic rings. The number of hydrogen-bond acceptors (Lipinski definition) is 5. The van der Waals surface area contributed by atoms with Gasteiger partial charge in [0.05, 0.1) is 0 Å². The van der Waals surface area contributed by atoms with Gasteiger partial charge in [-0.1, -0.05) is 6.92 Å². The van der Waals surface area contributed by atoms with E-state index in [1.165, 1.54) is 30.9 Å². The third-order valence-electron chi connectivity index (χ3n) is 2.76. The van der Waals surface area contributed by atoms with E-state index in [0.717, 1.165) is 18.2 Å². The second kappa shape index (κ2) is 4.70. The molecule has 0 saturated carbocycles. The summed E-state index contributed by atoms with van der Waals surface area (Å²) in [6, 6.07) is 0.684. The molecule has 2 heterocycles. The van der Waals surface area contributed by atoms with Crippen molar-refractivity contribution in [3.63, 3.8) is 0 Å². The molecule has 5 heteroatoms. The van der Waals surface area contributed by atoms with Crippen molar-refractivity contribution in [1.82, 2.24) is 14.3 Å². The van der Waals surface area contributed by atoms with Gasteiger partial charge in [0.2, 0.25) is 5.13 Å². The fourth-order valence-electron chi connectivity index (χ4n) is 2.00. The number of likely N-dealkylation sites (N-methyl/N-ethyl adjacent to an activating group) is 1. The summed E-state index contributed by atoms with van der Waals surface area (Å²) >= 11 is 1.42. The van der Waals surface area contributed by atoms with Crippen LogP contribution in [-0.2, 0) is 0 Å². The molecule has 1 aromatic heterocycles. The van der Waals surface area contributed by atoms with Crippen molar-refractivity contribution >= 4 is 16.7 Å². The predicted octanol–water partition coefficient (Wildman–Crippen LogP) is 1.43. The van der Waals surface area contributed by atoms with Gasteiger partial charge < -0.3 is 5.32 Å². The highest BCUT2D eigenvalue weighted by Crippen LogP contribution is 2.17. The van der Waals surface area contributed by atoms with Gasteiger partial charge in [-0.25, -0.2) is 4.98 Å². The summed E-state index contributed by atoms with van der Waals surface area (Å²) in [5.41, 5.74) is 0. The van der Waals surface area contributed by atoms with Crippen LogP contribution in [0.25, 0.3) is 0 Å². The van der Waals surface area contributed by atoms with Gasteiger partial charge in [-0.15, -0.1) is 0 Å². The summed E-state index contributed by atoms with van der Waals surface area (Å²) in [6.07, 6.45) is 4.23. The summed E-state index contributed by atoms with van der Waals surface area (Å²) in [6.45, 7) is 5.63. The smallest absolute Gasteiger partial charge is 0.202 e. The minimum Gasteiger partial charge on any atom is -0.359 e. The minimum atomic E-state index is 0.684. The zero-order valence-corrected chi connectivity index (χ0v) is 9.26.